The maximum atomic E-state index is 5.55. The lowest BCUT2D eigenvalue weighted by molar-refractivity contribution is -0.137. The molecule has 0 aromatic rings. The van der Waals surface area contributed by atoms with Gasteiger partial charge in [0.1, 0.15) is 0 Å². The number of rotatable bonds is 11. The molecule has 15 heavy (non-hydrogen) atoms. The molecule has 2 N–H and O–H groups in total. The van der Waals surface area contributed by atoms with E-state index in [9.17, 15) is 0 Å². The van der Waals surface area contributed by atoms with Crippen molar-refractivity contribution in [3.05, 3.63) is 0 Å². The Kier molecular flexibility index (Phi) is 11.9. The van der Waals surface area contributed by atoms with Crippen LogP contribution in [-0.4, -0.2) is 26.0 Å². The second-order valence-electron chi connectivity index (χ2n) is 3.82. The average Bonchev–Trinajstić information content (AvgIpc) is 2.27. The summed E-state index contributed by atoms with van der Waals surface area (Å²) in [5.74, 6) is 0. The predicted molar refractivity (Wildman–Crippen MR) is 63.8 cm³/mol. The molecule has 0 rings (SSSR count). The highest BCUT2D eigenvalue weighted by Crippen LogP contribution is 2.01. The van der Waals surface area contributed by atoms with Crippen molar-refractivity contribution < 1.29 is 9.47 Å². The summed E-state index contributed by atoms with van der Waals surface area (Å²) >= 11 is 0. The molecule has 0 aliphatic heterocycles. The molecule has 0 spiro atoms. The summed E-state index contributed by atoms with van der Waals surface area (Å²) in [6.45, 7) is 6.36. The normalized spacial score (nSPS) is 11.2. The van der Waals surface area contributed by atoms with Crippen molar-refractivity contribution in [2.24, 2.45) is 5.73 Å². The molecule has 0 atom stereocenters. The summed E-state index contributed by atoms with van der Waals surface area (Å²) in [4.78, 5) is 0. The SMILES string of the molecule is CCCCCOC(CN)OCCCCC. The van der Waals surface area contributed by atoms with Crippen LogP contribution in [0.2, 0.25) is 0 Å². The van der Waals surface area contributed by atoms with Gasteiger partial charge in [0.25, 0.3) is 0 Å². The predicted octanol–water partition coefficient (Wildman–Crippen LogP) is 2.68. The third-order valence-corrected chi connectivity index (χ3v) is 2.30. The van der Waals surface area contributed by atoms with Gasteiger partial charge in [-0.1, -0.05) is 39.5 Å². The van der Waals surface area contributed by atoms with E-state index in [0.29, 0.717) is 6.54 Å². The maximum absolute atomic E-state index is 5.55. The van der Waals surface area contributed by atoms with Crippen LogP contribution in [0.4, 0.5) is 0 Å². The summed E-state index contributed by atoms with van der Waals surface area (Å²) in [5.41, 5.74) is 5.55. The van der Waals surface area contributed by atoms with Crippen LogP contribution >= 0.6 is 0 Å². The summed E-state index contributed by atoms with van der Waals surface area (Å²) in [6, 6.07) is 0. The largest absolute Gasteiger partial charge is 0.351 e. The minimum absolute atomic E-state index is 0.196. The zero-order valence-corrected chi connectivity index (χ0v) is 10.3. The van der Waals surface area contributed by atoms with Gasteiger partial charge >= 0.3 is 0 Å². The zero-order chi connectivity index (χ0) is 11.4. The highest BCUT2D eigenvalue weighted by molar-refractivity contribution is 4.46. The van der Waals surface area contributed by atoms with Crippen molar-refractivity contribution in [1.82, 2.24) is 0 Å². The Labute approximate surface area is 94.3 Å². The van der Waals surface area contributed by atoms with Crippen molar-refractivity contribution in [3.63, 3.8) is 0 Å². The smallest absolute Gasteiger partial charge is 0.169 e. The van der Waals surface area contributed by atoms with E-state index in [1.807, 2.05) is 0 Å². The highest BCUT2D eigenvalue weighted by atomic mass is 16.7. The number of nitrogens with two attached hydrogens (primary N) is 1. The molecular formula is C12H27NO2. The lowest BCUT2D eigenvalue weighted by Crippen LogP contribution is -2.27. The Balaban J connectivity index is 3.29. The third-order valence-electron chi connectivity index (χ3n) is 2.30. The number of ether oxygens (including phenoxy) is 2. The molecule has 0 aromatic carbocycles. The van der Waals surface area contributed by atoms with Crippen molar-refractivity contribution in [2.45, 2.75) is 58.7 Å². The van der Waals surface area contributed by atoms with Crippen LogP contribution in [-0.2, 0) is 9.47 Å². The van der Waals surface area contributed by atoms with Gasteiger partial charge < -0.3 is 15.2 Å². The van der Waals surface area contributed by atoms with E-state index in [-0.39, 0.29) is 6.29 Å². The second-order valence-corrected chi connectivity index (χ2v) is 3.82. The van der Waals surface area contributed by atoms with E-state index in [0.717, 1.165) is 26.1 Å². The first-order valence-corrected chi connectivity index (χ1v) is 6.28. The Morgan fingerprint density at radius 3 is 1.67 bits per heavy atom. The average molecular weight is 217 g/mol. The van der Waals surface area contributed by atoms with E-state index in [4.69, 9.17) is 15.2 Å². The van der Waals surface area contributed by atoms with E-state index >= 15 is 0 Å². The lowest BCUT2D eigenvalue weighted by Gasteiger charge is -2.16. The molecule has 0 aliphatic carbocycles. The first kappa shape index (κ1) is 14.9. The van der Waals surface area contributed by atoms with Gasteiger partial charge in [0.2, 0.25) is 0 Å². The summed E-state index contributed by atoms with van der Waals surface area (Å²) < 4.78 is 11.1. The minimum atomic E-state index is -0.196. The quantitative estimate of drug-likeness (QED) is 0.427. The molecule has 0 saturated carbocycles. The molecule has 0 aliphatic rings. The first-order chi connectivity index (χ1) is 7.35. The van der Waals surface area contributed by atoms with Crippen LogP contribution in [0.5, 0.6) is 0 Å². The van der Waals surface area contributed by atoms with Crippen molar-refractivity contribution in [3.8, 4) is 0 Å². The number of hydrogen-bond acceptors (Lipinski definition) is 3. The van der Waals surface area contributed by atoms with Gasteiger partial charge in [0.15, 0.2) is 6.29 Å². The molecular weight excluding hydrogens is 190 g/mol. The summed E-state index contributed by atoms with van der Waals surface area (Å²) in [5, 5.41) is 0. The molecule has 0 heterocycles. The van der Waals surface area contributed by atoms with Crippen molar-refractivity contribution in [1.29, 1.82) is 0 Å². The van der Waals surface area contributed by atoms with E-state index in [1.54, 1.807) is 0 Å². The fourth-order valence-corrected chi connectivity index (χ4v) is 1.32. The molecule has 0 amide bonds. The number of unbranched alkanes of at least 4 members (excludes halogenated alkanes) is 4. The number of hydrogen-bond donors (Lipinski definition) is 1. The van der Waals surface area contributed by atoms with Gasteiger partial charge in [0, 0.05) is 19.8 Å². The van der Waals surface area contributed by atoms with Crippen LogP contribution in [0.15, 0.2) is 0 Å². The Morgan fingerprint density at radius 1 is 0.867 bits per heavy atom. The molecule has 0 radical (unpaired) electrons. The van der Waals surface area contributed by atoms with E-state index in [2.05, 4.69) is 13.8 Å². The molecule has 0 fully saturated rings. The van der Waals surface area contributed by atoms with E-state index < -0.39 is 0 Å². The second kappa shape index (κ2) is 12.0. The van der Waals surface area contributed by atoms with Gasteiger partial charge in [-0.25, -0.2) is 0 Å². The fraction of sp³-hybridized carbons (Fsp3) is 1.00. The molecule has 0 bridgehead atoms. The summed E-state index contributed by atoms with van der Waals surface area (Å²) in [6.07, 6.45) is 6.87. The van der Waals surface area contributed by atoms with Crippen LogP contribution in [0.25, 0.3) is 0 Å². The van der Waals surface area contributed by atoms with Crippen LogP contribution in [0, 0.1) is 0 Å². The molecule has 0 saturated heterocycles. The topological polar surface area (TPSA) is 44.5 Å². The van der Waals surface area contributed by atoms with Crippen LogP contribution < -0.4 is 5.73 Å². The monoisotopic (exact) mass is 217 g/mol. The van der Waals surface area contributed by atoms with Crippen molar-refractivity contribution >= 4 is 0 Å². The van der Waals surface area contributed by atoms with Crippen LogP contribution in [0.1, 0.15) is 52.4 Å². The van der Waals surface area contributed by atoms with Crippen LogP contribution in [0.3, 0.4) is 0 Å². The minimum Gasteiger partial charge on any atom is -0.351 e. The fourth-order valence-electron chi connectivity index (χ4n) is 1.32. The maximum Gasteiger partial charge on any atom is 0.169 e. The molecule has 3 nitrogen and oxygen atoms in total. The Bertz CT molecular complexity index is 108. The van der Waals surface area contributed by atoms with Gasteiger partial charge in [-0.15, -0.1) is 0 Å². The standard InChI is InChI=1S/C12H27NO2/c1-3-5-7-9-14-12(11-13)15-10-8-6-4-2/h12H,3-11,13H2,1-2H3. The van der Waals surface area contributed by atoms with Gasteiger partial charge in [0.05, 0.1) is 0 Å². The molecule has 3 heteroatoms. The lowest BCUT2D eigenvalue weighted by atomic mass is 10.3. The Morgan fingerprint density at radius 2 is 1.33 bits per heavy atom. The zero-order valence-electron chi connectivity index (χ0n) is 10.3. The van der Waals surface area contributed by atoms with Gasteiger partial charge in [-0.05, 0) is 12.8 Å². The summed E-state index contributed by atoms with van der Waals surface area (Å²) in [7, 11) is 0. The highest BCUT2D eigenvalue weighted by Gasteiger charge is 2.05. The van der Waals surface area contributed by atoms with Crippen molar-refractivity contribution in [2.75, 3.05) is 19.8 Å². The van der Waals surface area contributed by atoms with Gasteiger partial charge in [-0.3, -0.25) is 0 Å². The first-order valence-electron chi connectivity index (χ1n) is 6.28. The molecule has 0 unspecified atom stereocenters. The van der Waals surface area contributed by atoms with Gasteiger partial charge in [-0.2, -0.15) is 0 Å². The van der Waals surface area contributed by atoms with E-state index in [1.165, 1.54) is 25.7 Å². The third kappa shape index (κ3) is 10.2. The molecule has 92 valence electrons. The molecule has 0 aromatic heterocycles. The Hall–Kier alpha value is -0.120.